The second-order valence-electron chi connectivity index (χ2n) is 11.5. The summed E-state index contributed by atoms with van der Waals surface area (Å²) in [6.45, 7) is 7.47. The van der Waals surface area contributed by atoms with Crippen LogP contribution in [0.1, 0.15) is 55.7 Å². The Morgan fingerprint density at radius 1 is 1.17 bits per heavy atom. The van der Waals surface area contributed by atoms with Gasteiger partial charge in [-0.3, -0.25) is 14.5 Å². The first kappa shape index (κ1) is 27.9. The Bertz CT molecular complexity index is 1480. The number of rotatable bonds is 6. The van der Waals surface area contributed by atoms with Crippen LogP contribution in [-0.2, 0) is 19.7 Å². The van der Waals surface area contributed by atoms with E-state index in [1.165, 1.54) is 11.8 Å². The van der Waals surface area contributed by atoms with E-state index < -0.39 is 0 Å². The smallest absolute Gasteiger partial charge is 0.240 e. The molecule has 2 aromatic carbocycles. The molecule has 0 bridgehead atoms. The molecule has 3 aromatic rings. The molecule has 0 radical (unpaired) electrons. The molecule has 2 amide bonds. The fourth-order valence-corrected chi connectivity index (χ4v) is 6.81. The van der Waals surface area contributed by atoms with Gasteiger partial charge in [0.2, 0.25) is 18.6 Å². The highest BCUT2D eigenvalue weighted by atomic mass is 35.5. The Kier molecular flexibility index (Phi) is 7.65. The maximum absolute atomic E-state index is 13.8. The summed E-state index contributed by atoms with van der Waals surface area (Å²) in [4.78, 5) is 28.7. The van der Waals surface area contributed by atoms with E-state index in [1.54, 1.807) is 15.6 Å². The van der Waals surface area contributed by atoms with Crippen molar-refractivity contribution in [2.24, 2.45) is 0 Å². The lowest BCUT2D eigenvalue weighted by Gasteiger charge is -2.25. The average molecular weight is 597 g/mol. The summed E-state index contributed by atoms with van der Waals surface area (Å²) in [6.07, 6.45) is 1.91. The number of thioether (sulfide) groups is 1. The number of anilines is 1. The molecule has 11 heteroatoms. The van der Waals surface area contributed by atoms with Crippen molar-refractivity contribution in [3.8, 4) is 17.2 Å². The van der Waals surface area contributed by atoms with Gasteiger partial charge in [0.15, 0.2) is 11.5 Å². The van der Waals surface area contributed by atoms with Crippen molar-refractivity contribution >= 4 is 41.0 Å². The first-order valence-electron chi connectivity index (χ1n) is 13.8. The topological polar surface area (TPSA) is 94.9 Å². The molecule has 0 spiro atoms. The van der Waals surface area contributed by atoms with E-state index >= 15 is 0 Å². The van der Waals surface area contributed by atoms with Crippen molar-refractivity contribution in [2.45, 2.75) is 50.4 Å². The van der Waals surface area contributed by atoms with Gasteiger partial charge in [0.1, 0.15) is 12.4 Å². The summed E-state index contributed by atoms with van der Waals surface area (Å²) in [7, 11) is 0. The number of fused-ring (bicyclic) bond motifs is 2. The van der Waals surface area contributed by atoms with Gasteiger partial charge >= 0.3 is 0 Å². The number of ether oxygens (including phenoxy) is 3. The third-order valence-corrected chi connectivity index (χ3v) is 8.89. The molecule has 9 nitrogen and oxygen atoms in total. The maximum atomic E-state index is 13.8. The van der Waals surface area contributed by atoms with Gasteiger partial charge < -0.3 is 19.5 Å². The molecule has 6 rings (SSSR count). The number of hydrogen-bond donors (Lipinski definition) is 1. The van der Waals surface area contributed by atoms with Crippen LogP contribution >= 0.6 is 23.4 Å². The lowest BCUT2D eigenvalue weighted by Crippen LogP contribution is -2.44. The van der Waals surface area contributed by atoms with E-state index in [9.17, 15) is 9.59 Å². The van der Waals surface area contributed by atoms with Crippen LogP contribution in [0.5, 0.6) is 11.5 Å². The molecule has 3 aliphatic rings. The number of hydrogen-bond acceptors (Lipinski definition) is 7. The van der Waals surface area contributed by atoms with Gasteiger partial charge in [-0.05, 0) is 48.7 Å². The number of nitrogens with one attached hydrogen (secondary N) is 1. The number of aromatic nitrogens is 2. The highest BCUT2D eigenvalue weighted by Crippen LogP contribution is 2.50. The molecular formula is C30H33ClN4O5S. The molecule has 3 aliphatic heterocycles. The third kappa shape index (κ3) is 5.65. The summed E-state index contributed by atoms with van der Waals surface area (Å²) in [5.74, 6) is 1.70. The van der Waals surface area contributed by atoms with Gasteiger partial charge in [-0.15, -0.1) is 11.8 Å². The second kappa shape index (κ2) is 11.2. The molecule has 4 heterocycles. The average Bonchev–Trinajstić information content (AvgIpc) is 3.69. The minimum Gasteiger partial charge on any atom is -0.454 e. The second-order valence-corrected chi connectivity index (χ2v) is 13.0. The Balaban J connectivity index is 1.48. The monoisotopic (exact) mass is 596 g/mol. The van der Waals surface area contributed by atoms with Crippen LogP contribution in [0.2, 0.25) is 5.02 Å². The molecule has 216 valence electrons. The Morgan fingerprint density at radius 2 is 2.00 bits per heavy atom. The van der Waals surface area contributed by atoms with Crippen molar-refractivity contribution in [3.63, 3.8) is 0 Å². The molecule has 1 aromatic heterocycles. The van der Waals surface area contributed by atoms with Crippen molar-refractivity contribution in [3.05, 3.63) is 64.3 Å². The molecule has 1 fully saturated rings. The van der Waals surface area contributed by atoms with Crippen LogP contribution in [0.4, 0.5) is 5.82 Å². The quantitative estimate of drug-likeness (QED) is 0.427. The van der Waals surface area contributed by atoms with E-state index in [0.29, 0.717) is 41.2 Å². The van der Waals surface area contributed by atoms with Crippen molar-refractivity contribution in [2.75, 3.05) is 37.1 Å². The van der Waals surface area contributed by atoms with Gasteiger partial charge in [0.05, 0.1) is 28.5 Å². The van der Waals surface area contributed by atoms with Crippen LogP contribution in [0, 0.1) is 0 Å². The number of amides is 2. The number of carbonyl (C=O) groups excluding carboxylic acids is 2. The van der Waals surface area contributed by atoms with E-state index in [-0.39, 0.29) is 47.7 Å². The van der Waals surface area contributed by atoms with Gasteiger partial charge in [0.25, 0.3) is 0 Å². The Labute approximate surface area is 248 Å². The van der Waals surface area contributed by atoms with Crippen LogP contribution in [0.15, 0.2) is 42.5 Å². The first-order chi connectivity index (χ1) is 19.7. The minimum absolute atomic E-state index is 0.00442. The number of carbonyl (C=O) groups is 2. The van der Waals surface area contributed by atoms with Crippen molar-refractivity contribution in [1.29, 1.82) is 0 Å². The maximum Gasteiger partial charge on any atom is 0.240 e. The lowest BCUT2D eigenvalue weighted by molar-refractivity contribution is -0.123. The van der Waals surface area contributed by atoms with Gasteiger partial charge in [-0.2, -0.15) is 5.10 Å². The fraction of sp³-hybridized carbons (Fsp3) is 0.433. The van der Waals surface area contributed by atoms with Gasteiger partial charge in [0, 0.05) is 29.2 Å². The molecule has 0 unspecified atom stereocenters. The van der Waals surface area contributed by atoms with E-state index in [2.05, 4.69) is 26.1 Å². The fourth-order valence-electron chi connectivity index (χ4n) is 5.43. The van der Waals surface area contributed by atoms with Crippen LogP contribution in [-0.4, -0.2) is 59.9 Å². The predicted molar refractivity (Wildman–Crippen MR) is 158 cm³/mol. The van der Waals surface area contributed by atoms with E-state index in [0.717, 1.165) is 29.7 Å². The minimum atomic E-state index is -0.371. The molecular weight excluding hydrogens is 564 g/mol. The predicted octanol–water partition coefficient (Wildman–Crippen LogP) is 5.02. The van der Waals surface area contributed by atoms with Crippen LogP contribution in [0.25, 0.3) is 5.69 Å². The van der Waals surface area contributed by atoms with Gasteiger partial charge in [-0.1, -0.05) is 44.5 Å². The summed E-state index contributed by atoms with van der Waals surface area (Å²) in [5.41, 5.74) is 3.03. The standard InChI is InChI=1S/C30H33ClN4O5S/c1-30(2,3)28-26-27(18-9-10-22-23(12-18)40-17-39-22)41-16-25(37)34(15-24(36)32-14-21-8-5-11-38-21)29(26)35(33-28)20-7-4-6-19(31)13-20/h4,6-7,9-10,12-13,21,27H,5,8,11,14-17H2,1-3H3,(H,32,36)/t21-,27-/m0/s1. The summed E-state index contributed by atoms with van der Waals surface area (Å²) >= 11 is 7.93. The van der Waals surface area contributed by atoms with Crippen molar-refractivity contribution in [1.82, 2.24) is 15.1 Å². The zero-order chi connectivity index (χ0) is 28.7. The molecule has 1 saturated heterocycles. The normalized spacial score (nSPS) is 20.2. The molecule has 41 heavy (non-hydrogen) atoms. The van der Waals surface area contributed by atoms with Crippen molar-refractivity contribution < 1.29 is 23.8 Å². The summed E-state index contributed by atoms with van der Waals surface area (Å²) in [6, 6.07) is 13.2. The lowest BCUT2D eigenvalue weighted by atomic mass is 9.87. The first-order valence-corrected chi connectivity index (χ1v) is 15.2. The van der Waals surface area contributed by atoms with Gasteiger partial charge in [-0.25, -0.2) is 4.68 Å². The highest BCUT2D eigenvalue weighted by Gasteiger charge is 2.40. The molecule has 2 atom stereocenters. The molecule has 0 aliphatic carbocycles. The zero-order valence-corrected chi connectivity index (χ0v) is 24.9. The van der Waals surface area contributed by atoms with Crippen LogP contribution < -0.4 is 19.7 Å². The number of halogens is 1. The number of benzene rings is 2. The molecule has 0 saturated carbocycles. The Hall–Kier alpha value is -3.21. The zero-order valence-electron chi connectivity index (χ0n) is 23.3. The SMILES string of the molecule is CC(C)(C)c1nn(-c2cccc(Cl)c2)c2c1[C@H](c1ccc3c(c1)OCO3)SCC(=O)N2CC(=O)NC[C@@H]1CCCO1. The number of nitrogens with zero attached hydrogens (tertiary/aromatic N) is 3. The Morgan fingerprint density at radius 3 is 2.76 bits per heavy atom. The molecule has 1 N–H and O–H groups in total. The van der Waals surface area contributed by atoms with E-state index in [1.807, 2.05) is 36.4 Å². The van der Waals surface area contributed by atoms with Crippen LogP contribution in [0.3, 0.4) is 0 Å². The highest BCUT2D eigenvalue weighted by molar-refractivity contribution is 8.00. The van der Waals surface area contributed by atoms with E-state index in [4.69, 9.17) is 30.9 Å². The third-order valence-electron chi connectivity index (χ3n) is 7.40. The largest absolute Gasteiger partial charge is 0.454 e. The summed E-state index contributed by atoms with van der Waals surface area (Å²) < 4.78 is 18.7. The summed E-state index contributed by atoms with van der Waals surface area (Å²) in [5, 5.41) is 8.39.